The van der Waals surface area contributed by atoms with E-state index >= 15 is 0 Å². The summed E-state index contributed by atoms with van der Waals surface area (Å²) in [4.78, 5) is 24.3. The maximum Gasteiger partial charge on any atom is 0.340 e. The fourth-order valence-corrected chi connectivity index (χ4v) is 2.59. The molecule has 114 valence electrons. The summed E-state index contributed by atoms with van der Waals surface area (Å²) < 4.78 is 5.01. The molecule has 1 amide bonds. The van der Waals surface area contributed by atoms with Crippen molar-refractivity contribution in [3.05, 3.63) is 29.8 Å². The van der Waals surface area contributed by atoms with Gasteiger partial charge in [-0.25, -0.2) is 4.79 Å². The molecule has 0 bridgehead atoms. The third-order valence-electron chi connectivity index (χ3n) is 3.73. The minimum atomic E-state index is -0.418. The summed E-state index contributed by atoms with van der Waals surface area (Å²) in [6.45, 7) is 4.98. The number of anilines is 1. The molecule has 0 aromatic heterocycles. The summed E-state index contributed by atoms with van der Waals surface area (Å²) in [7, 11) is 0. The van der Waals surface area contributed by atoms with Crippen LogP contribution in [0.1, 0.15) is 37.0 Å². The Kier molecular flexibility index (Phi) is 5.33. The molecule has 5 nitrogen and oxygen atoms in total. The van der Waals surface area contributed by atoms with Crippen LogP contribution in [0.15, 0.2) is 24.3 Å². The van der Waals surface area contributed by atoms with Crippen LogP contribution in [0, 0.1) is 5.92 Å². The zero-order chi connectivity index (χ0) is 15.2. The molecule has 21 heavy (non-hydrogen) atoms. The van der Waals surface area contributed by atoms with E-state index in [0.29, 0.717) is 17.9 Å². The molecule has 5 heteroatoms. The third kappa shape index (κ3) is 3.82. The molecule has 1 aliphatic heterocycles. The van der Waals surface area contributed by atoms with Crippen molar-refractivity contribution in [2.75, 3.05) is 18.5 Å². The molecule has 0 aliphatic carbocycles. The van der Waals surface area contributed by atoms with Crippen LogP contribution in [-0.2, 0) is 9.53 Å². The number of piperidine rings is 1. The molecule has 1 aromatic rings. The predicted molar refractivity (Wildman–Crippen MR) is 81.2 cm³/mol. The van der Waals surface area contributed by atoms with E-state index in [-0.39, 0.29) is 17.9 Å². The number of benzene rings is 1. The number of para-hydroxylation sites is 1. The fraction of sp³-hybridized carbons (Fsp3) is 0.500. The Hall–Kier alpha value is -1.88. The van der Waals surface area contributed by atoms with Gasteiger partial charge in [-0.15, -0.1) is 0 Å². The lowest BCUT2D eigenvalue weighted by Gasteiger charge is -2.29. The third-order valence-corrected chi connectivity index (χ3v) is 3.73. The fourth-order valence-electron chi connectivity index (χ4n) is 2.59. The van der Waals surface area contributed by atoms with E-state index in [9.17, 15) is 9.59 Å². The van der Waals surface area contributed by atoms with E-state index in [4.69, 9.17) is 4.74 Å². The zero-order valence-corrected chi connectivity index (χ0v) is 12.5. The van der Waals surface area contributed by atoms with Crippen LogP contribution in [-0.4, -0.2) is 31.1 Å². The Morgan fingerprint density at radius 2 is 2.14 bits per heavy atom. The highest BCUT2D eigenvalue weighted by Gasteiger charge is 2.28. The Balaban J connectivity index is 2.12. The quantitative estimate of drug-likeness (QED) is 0.834. The number of carbonyl (C=O) groups is 2. The van der Waals surface area contributed by atoms with Crippen molar-refractivity contribution < 1.29 is 14.3 Å². The molecular formula is C16H22N2O3. The van der Waals surface area contributed by atoms with Gasteiger partial charge in [0.25, 0.3) is 0 Å². The molecule has 1 aromatic carbocycles. The number of esters is 1. The summed E-state index contributed by atoms with van der Waals surface area (Å²) in [6.07, 6.45) is 2.12. The van der Waals surface area contributed by atoms with E-state index in [0.717, 1.165) is 19.4 Å². The van der Waals surface area contributed by atoms with Crippen LogP contribution >= 0.6 is 0 Å². The number of amides is 1. The molecule has 1 aliphatic rings. The van der Waals surface area contributed by atoms with Gasteiger partial charge in [-0.2, -0.15) is 0 Å². The lowest BCUT2D eigenvalue weighted by molar-refractivity contribution is -0.119. The Bertz CT molecular complexity index is 516. The molecule has 0 radical (unpaired) electrons. The number of ether oxygens (including phenoxy) is 1. The van der Waals surface area contributed by atoms with Crippen molar-refractivity contribution in [2.24, 2.45) is 5.92 Å². The van der Waals surface area contributed by atoms with Gasteiger partial charge >= 0.3 is 5.97 Å². The van der Waals surface area contributed by atoms with Crippen LogP contribution in [0.5, 0.6) is 0 Å². The highest BCUT2D eigenvalue weighted by atomic mass is 16.5. The van der Waals surface area contributed by atoms with Crippen molar-refractivity contribution >= 4 is 17.6 Å². The first-order valence-corrected chi connectivity index (χ1v) is 7.44. The highest BCUT2D eigenvalue weighted by Crippen LogP contribution is 2.20. The summed E-state index contributed by atoms with van der Waals surface area (Å²) in [5, 5.41) is 6.08. The summed E-state index contributed by atoms with van der Waals surface area (Å²) in [6, 6.07) is 6.71. The lowest BCUT2D eigenvalue weighted by Crippen LogP contribution is -2.48. The molecule has 1 fully saturated rings. The van der Waals surface area contributed by atoms with Crippen LogP contribution < -0.4 is 10.6 Å². The van der Waals surface area contributed by atoms with E-state index < -0.39 is 5.97 Å². The van der Waals surface area contributed by atoms with Gasteiger partial charge in [0.15, 0.2) is 0 Å². The second kappa shape index (κ2) is 7.22. The van der Waals surface area contributed by atoms with Crippen molar-refractivity contribution in [2.45, 2.75) is 32.7 Å². The first kappa shape index (κ1) is 15.5. The molecule has 2 rings (SSSR count). The van der Waals surface area contributed by atoms with Gasteiger partial charge in [-0.1, -0.05) is 19.1 Å². The lowest BCUT2D eigenvalue weighted by atomic mass is 9.92. The number of hydrogen-bond acceptors (Lipinski definition) is 4. The first-order chi connectivity index (χ1) is 10.1. The zero-order valence-electron chi connectivity index (χ0n) is 12.5. The average molecular weight is 290 g/mol. The Morgan fingerprint density at radius 1 is 1.38 bits per heavy atom. The van der Waals surface area contributed by atoms with Crippen LogP contribution in [0.25, 0.3) is 0 Å². The molecular weight excluding hydrogens is 268 g/mol. The standard InChI is InChI=1S/C16H22N2O3/c1-3-21-16(20)12-8-4-5-9-13(12)18-15(19)14-11(2)7-6-10-17-14/h4-5,8-9,11,14,17H,3,6-7,10H2,1-2H3,(H,18,19). The molecule has 1 saturated heterocycles. The Labute approximate surface area is 125 Å². The van der Waals surface area contributed by atoms with E-state index in [1.807, 2.05) is 0 Å². The normalized spacial score (nSPS) is 21.6. The number of carbonyl (C=O) groups excluding carboxylic acids is 2. The second-order valence-electron chi connectivity index (χ2n) is 5.31. The van der Waals surface area contributed by atoms with Crippen LogP contribution in [0.2, 0.25) is 0 Å². The molecule has 1 heterocycles. The number of rotatable bonds is 4. The highest BCUT2D eigenvalue weighted by molar-refractivity contribution is 6.02. The number of hydrogen-bond donors (Lipinski definition) is 2. The van der Waals surface area contributed by atoms with Crippen molar-refractivity contribution in [1.82, 2.24) is 5.32 Å². The van der Waals surface area contributed by atoms with E-state index in [2.05, 4.69) is 17.6 Å². The van der Waals surface area contributed by atoms with Crippen molar-refractivity contribution in [3.8, 4) is 0 Å². The summed E-state index contributed by atoms with van der Waals surface area (Å²) >= 11 is 0. The molecule has 2 atom stereocenters. The Morgan fingerprint density at radius 3 is 2.86 bits per heavy atom. The smallest absolute Gasteiger partial charge is 0.340 e. The number of nitrogens with one attached hydrogen (secondary N) is 2. The van der Waals surface area contributed by atoms with Gasteiger partial charge in [-0.05, 0) is 44.4 Å². The van der Waals surface area contributed by atoms with Crippen LogP contribution in [0.4, 0.5) is 5.69 Å². The first-order valence-electron chi connectivity index (χ1n) is 7.44. The molecule has 0 saturated carbocycles. The molecule has 2 unspecified atom stereocenters. The van der Waals surface area contributed by atoms with Gasteiger partial charge in [-0.3, -0.25) is 4.79 Å². The van der Waals surface area contributed by atoms with Gasteiger partial charge in [0, 0.05) is 0 Å². The van der Waals surface area contributed by atoms with Gasteiger partial charge in [0.05, 0.1) is 23.9 Å². The maximum absolute atomic E-state index is 12.4. The summed E-state index contributed by atoms with van der Waals surface area (Å²) in [5.74, 6) is -0.231. The van der Waals surface area contributed by atoms with Gasteiger partial charge < -0.3 is 15.4 Å². The monoisotopic (exact) mass is 290 g/mol. The SMILES string of the molecule is CCOC(=O)c1ccccc1NC(=O)C1NCCCC1C. The topological polar surface area (TPSA) is 67.4 Å². The van der Waals surface area contributed by atoms with Crippen LogP contribution in [0.3, 0.4) is 0 Å². The molecule has 0 spiro atoms. The van der Waals surface area contributed by atoms with Crippen molar-refractivity contribution in [1.29, 1.82) is 0 Å². The molecule has 2 N–H and O–H groups in total. The minimum absolute atomic E-state index is 0.0982. The van der Waals surface area contributed by atoms with E-state index in [1.165, 1.54) is 0 Å². The average Bonchev–Trinajstić information content (AvgIpc) is 2.48. The predicted octanol–water partition coefficient (Wildman–Crippen LogP) is 2.19. The maximum atomic E-state index is 12.4. The van der Waals surface area contributed by atoms with Gasteiger partial charge in [0.1, 0.15) is 0 Å². The summed E-state index contributed by atoms with van der Waals surface area (Å²) in [5.41, 5.74) is 0.886. The van der Waals surface area contributed by atoms with Gasteiger partial charge in [0.2, 0.25) is 5.91 Å². The second-order valence-corrected chi connectivity index (χ2v) is 5.31. The van der Waals surface area contributed by atoms with E-state index in [1.54, 1.807) is 31.2 Å². The largest absolute Gasteiger partial charge is 0.462 e. The van der Waals surface area contributed by atoms with Crippen molar-refractivity contribution in [3.63, 3.8) is 0 Å². The minimum Gasteiger partial charge on any atom is -0.462 e.